The maximum Gasteiger partial charge on any atom is 0.240 e. The number of aryl methyl sites for hydroxylation is 1. The van der Waals surface area contributed by atoms with Crippen LogP contribution < -0.4 is 10.5 Å². The molecule has 1 aliphatic carbocycles. The molecular weight excluding hydrogens is 274 g/mol. The fourth-order valence-electron chi connectivity index (χ4n) is 2.50. The molecule has 3 N–H and O–H groups in total. The summed E-state index contributed by atoms with van der Waals surface area (Å²) in [5.41, 5.74) is 7.11. The van der Waals surface area contributed by atoms with Crippen molar-refractivity contribution < 1.29 is 8.42 Å². The van der Waals surface area contributed by atoms with Crippen molar-refractivity contribution in [2.45, 2.75) is 49.6 Å². The molecule has 2 rings (SSSR count). The molecule has 1 aromatic rings. The molecule has 0 aromatic heterocycles. The van der Waals surface area contributed by atoms with Crippen LogP contribution in [0.2, 0.25) is 0 Å². The van der Waals surface area contributed by atoms with Crippen LogP contribution in [0.4, 0.5) is 0 Å². The Morgan fingerprint density at radius 3 is 2.65 bits per heavy atom. The molecule has 1 aromatic carbocycles. The maximum atomic E-state index is 12.3. The van der Waals surface area contributed by atoms with E-state index in [2.05, 4.69) is 4.72 Å². The minimum Gasteiger partial charge on any atom is -0.326 e. The largest absolute Gasteiger partial charge is 0.326 e. The average Bonchev–Trinajstić information content (AvgIpc) is 2.41. The summed E-state index contributed by atoms with van der Waals surface area (Å²) in [4.78, 5) is 0.187. The Morgan fingerprint density at radius 2 is 2.05 bits per heavy atom. The number of sulfonamides is 1. The Balaban J connectivity index is 2.22. The van der Waals surface area contributed by atoms with Gasteiger partial charge in [0.1, 0.15) is 0 Å². The Morgan fingerprint density at radius 1 is 1.35 bits per heavy atom. The van der Waals surface area contributed by atoms with E-state index < -0.39 is 10.0 Å². The quantitative estimate of drug-likeness (QED) is 0.880. The van der Waals surface area contributed by atoms with Crippen molar-refractivity contribution in [2.24, 2.45) is 5.73 Å². The third-order valence-corrected chi connectivity index (χ3v) is 5.24. The molecule has 0 spiro atoms. The lowest BCUT2D eigenvalue weighted by atomic mass is 9.92. The van der Waals surface area contributed by atoms with Gasteiger partial charge in [-0.15, -0.1) is 0 Å². The molecule has 5 nitrogen and oxygen atoms in total. The van der Waals surface area contributed by atoms with E-state index in [0.29, 0.717) is 11.1 Å². The van der Waals surface area contributed by atoms with Crippen LogP contribution in [0.25, 0.3) is 0 Å². The van der Waals surface area contributed by atoms with Crippen LogP contribution in [-0.2, 0) is 10.0 Å². The fourth-order valence-corrected chi connectivity index (χ4v) is 3.91. The van der Waals surface area contributed by atoms with Gasteiger partial charge in [0.15, 0.2) is 0 Å². The van der Waals surface area contributed by atoms with E-state index in [9.17, 15) is 8.42 Å². The molecule has 2 atom stereocenters. The van der Waals surface area contributed by atoms with Crippen LogP contribution in [0.15, 0.2) is 23.1 Å². The highest BCUT2D eigenvalue weighted by Crippen LogP contribution is 2.20. The van der Waals surface area contributed by atoms with Crippen LogP contribution in [0.1, 0.15) is 36.8 Å². The minimum absolute atomic E-state index is 0.127. The zero-order valence-electron chi connectivity index (χ0n) is 11.5. The summed E-state index contributed by atoms with van der Waals surface area (Å²) < 4.78 is 27.4. The summed E-state index contributed by atoms with van der Waals surface area (Å²) in [6.07, 6.45) is 3.66. The molecule has 0 saturated heterocycles. The zero-order chi connectivity index (χ0) is 14.8. The van der Waals surface area contributed by atoms with E-state index in [1.807, 2.05) is 6.07 Å². The molecule has 0 unspecified atom stereocenters. The lowest BCUT2D eigenvalue weighted by Crippen LogP contribution is -2.49. The van der Waals surface area contributed by atoms with Crippen LogP contribution >= 0.6 is 0 Å². The second-order valence-electron chi connectivity index (χ2n) is 5.26. The number of nitrogens with zero attached hydrogens (tertiary/aromatic N) is 1. The summed E-state index contributed by atoms with van der Waals surface area (Å²) >= 11 is 0. The summed E-state index contributed by atoms with van der Waals surface area (Å²) in [7, 11) is -3.58. The topological polar surface area (TPSA) is 96.0 Å². The van der Waals surface area contributed by atoms with Crippen molar-refractivity contribution in [2.75, 3.05) is 0 Å². The van der Waals surface area contributed by atoms with Crippen molar-refractivity contribution in [1.82, 2.24) is 4.72 Å². The summed E-state index contributed by atoms with van der Waals surface area (Å²) in [5, 5.41) is 8.88. The van der Waals surface area contributed by atoms with Crippen molar-refractivity contribution in [1.29, 1.82) is 5.26 Å². The third kappa shape index (κ3) is 3.18. The number of nitrogens with one attached hydrogen (secondary N) is 1. The van der Waals surface area contributed by atoms with Gasteiger partial charge >= 0.3 is 0 Å². The molecule has 20 heavy (non-hydrogen) atoms. The smallest absolute Gasteiger partial charge is 0.240 e. The number of rotatable bonds is 3. The molecule has 0 aliphatic heterocycles. The first-order valence-corrected chi connectivity index (χ1v) is 8.21. The van der Waals surface area contributed by atoms with Crippen LogP contribution in [0.5, 0.6) is 0 Å². The standard InChI is InChI=1S/C14H19N3O2S/c1-10-8-12(7-6-11(10)9-15)20(18,19)17-14-5-3-2-4-13(14)16/h6-8,13-14,17H,2-5,16H2,1H3/t13-,14-/m1/s1. The minimum atomic E-state index is -3.58. The van der Waals surface area contributed by atoms with Crippen molar-refractivity contribution in [3.05, 3.63) is 29.3 Å². The Hall–Kier alpha value is -1.42. The molecule has 0 bridgehead atoms. The lowest BCUT2D eigenvalue weighted by Gasteiger charge is -2.29. The molecule has 1 saturated carbocycles. The van der Waals surface area contributed by atoms with Gasteiger partial charge < -0.3 is 5.73 Å². The first-order valence-electron chi connectivity index (χ1n) is 6.73. The predicted molar refractivity (Wildman–Crippen MR) is 76.4 cm³/mol. The number of benzene rings is 1. The average molecular weight is 293 g/mol. The van der Waals surface area contributed by atoms with Gasteiger partial charge in [-0.05, 0) is 43.5 Å². The van der Waals surface area contributed by atoms with Gasteiger partial charge in [-0.1, -0.05) is 12.8 Å². The van der Waals surface area contributed by atoms with Gasteiger partial charge in [-0.25, -0.2) is 13.1 Å². The summed E-state index contributed by atoms with van der Waals surface area (Å²) in [6.45, 7) is 1.73. The lowest BCUT2D eigenvalue weighted by molar-refractivity contribution is 0.361. The van der Waals surface area contributed by atoms with Crippen LogP contribution in [0, 0.1) is 18.3 Å². The number of hydrogen-bond donors (Lipinski definition) is 2. The molecule has 1 fully saturated rings. The number of hydrogen-bond acceptors (Lipinski definition) is 4. The SMILES string of the molecule is Cc1cc(S(=O)(=O)N[C@@H]2CCCC[C@H]2N)ccc1C#N. The molecule has 0 amide bonds. The van der Waals surface area contributed by atoms with Crippen molar-refractivity contribution >= 4 is 10.0 Å². The molecular formula is C14H19N3O2S. The summed E-state index contributed by atoms with van der Waals surface area (Å²) in [6, 6.07) is 6.21. The first-order chi connectivity index (χ1) is 9.44. The normalized spacial score (nSPS) is 23.2. The highest BCUT2D eigenvalue weighted by molar-refractivity contribution is 7.89. The van der Waals surface area contributed by atoms with Gasteiger partial charge in [-0.3, -0.25) is 0 Å². The van der Waals surface area contributed by atoms with Gasteiger partial charge in [0.05, 0.1) is 16.5 Å². The molecule has 108 valence electrons. The van der Waals surface area contributed by atoms with Crippen LogP contribution in [0.3, 0.4) is 0 Å². The molecule has 0 radical (unpaired) electrons. The Kier molecular flexibility index (Phi) is 4.43. The summed E-state index contributed by atoms with van der Waals surface area (Å²) in [5.74, 6) is 0. The predicted octanol–water partition coefficient (Wildman–Crippen LogP) is 1.41. The maximum absolute atomic E-state index is 12.3. The van der Waals surface area contributed by atoms with Crippen LogP contribution in [-0.4, -0.2) is 20.5 Å². The van der Waals surface area contributed by atoms with Crippen molar-refractivity contribution in [3.63, 3.8) is 0 Å². The second kappa shape index (κ2) is 5.92. The molecule has 1 aliphatic rings. The third-order valence-electron chi connectivity index (χ3n) is 3.75. The van der Waals surface area contributed by atoms with Gasteiger partial charge in [0, 0.05) is 12.1 Å². The van der Waals surface area contributed by atoms with Gasteiger partial charge in [0.2, 0.25) is 10.0 Å². The van der Waals surface area contributed by atoms with E-state index in [0.717, 1.165) is 25.7 Å². The molecule has 6 heteroatoms. The Bertz CT molecular complexity index is 634. The van der Waals surface area contributed by atoms with E-state index in [-0.39, 0.29) is 17.0 Å². The number of nitriles is 1. The second-order valence-corrected chi connectivity index (χ2v) is 6.98. The zero-order valence-corrected chi connectivity index (χ0v) is 12.3. The number of nitrogens with two attached hydrogens (primary N) is 1. The van der Waals surface area contributed by atoms with E-state index in [1.165, 1.54) is 18.2 Å². The highest BCUT2D eigenvalue weighted by atomic mass is 32.2. The molecule has 0 heterocycles. The highest BCUT2D eigenvalue weighted by Gasteiger charge is 2.27. The van der Waals surface area contributed by atoms with Crippen molar-refractivity contribution in [3.8, 4) is 6.07 Å². The van der Waals surface area contributed by atoms with E-state index >= 15 is 0 Å². The monoisotopic (exact) mass is 293 g/mol. The van der Waals surface area contributed by atoms with E-state index in [4.69, 9.17) is 11.0 Å². The van der Waals surface area contributed by atoms with Gasteiger partial charge in [-0.2, -0.15) is 5.26 Å². The van der Waals surface area contributed by atoms with E-state index in [1.54, 1.807) is 6.92 Å². The fraction of sp³-hybridized carbons (Fsp3) is 0.500. The van der Waals surface area contributed by atoms with Gasteiger partial charge in [0.25, 0.3) is 0 Å². The first kappa shape index (κ1) is 15.0. The Labute approximate surface area is 119 Å².